The zero-order chi connectivity index (χ0) is 25.7. The van der Waals surface area contributed by atoms with Crippen LogP contribution >= 0.6 is 0 Å². The summed E-state index contributed by atoms with van der Waals surface area (Å²) in [6, 6.07) is 14.6. The highest BCUT2D eigenvalue weighted by molar-refractivity contribution is 5.90. The molecule has 1 atom stereocenters. The topological polar surface area (TPSA) is 78.2 Å². The van der Waals surface area contributed by atoms with Crippen molar-refractivity contribution in [2.45, 2.75) is 25.8 Å². The maximum absolute atomic E-state index is 14.9. The molecule has 8 heteroatoms. The summed E-state index contributed by atoms with van der Waals surface area (Å²) in [6.07, 6.45) is 4.17. The summed E-state index contributed by atoms with van der Waals surface area (Å²) in [6.45, 7) is 6.38. The Balaban J connectivity index is 1.27. The lowest BCUT2D eigenvalue weighted by Gasteiger charge is -2.39. The molecular weight excluding hydrogens is 472 g/mol. The number of nitrogens with two attached hydrogens (primary N) is 1. The maximum Gasteiger partial charge on any atom is 0.258 e. The van der Waals surface area contributed by atoms with Gasteiger partial charge < -0.3 is 15.6 Å². The first-order chi connectivity index (χ1) is 17.9. The Labute approximate surface area is 213 Å². The van der Waals surface area contributed by atoms with Crippen LogP contribution in [0.3, 0.4) is 0 Å². The van der Waals surface area contributed by atoms with E-state index in [0.29, 0.717) is 28.1 Å². The predicted octanol–water partition coefficient (Wildman–Crippen LogP) is 5.04. The lowest BCUT2D eigenvalue weighted by Crippen LogP contribution is -2.50. The van der Waals surface area contributed by atoms with E-state index in [0.717, 1.165) is 37.8 Å². The van der Waals surface area contributed by atoms with Crippen molar-refractivity contribution >= 4 is 22.3 Å². The fourth-order valence-electron chi connectivity index (χ4n) is 5.49. The molecule has 3 N–H and O–H groups in total. The molecule has 190 valence electrons. The summed E-state index contributed by atoms with van der Waals surface area (Å²) in [7, 11) is 0. The van der Waals surface area contributed by atoms with Crippen molar-refractivity contribution in [3.05, 3.63) is 76.8 Å². The van der Waals surface area contributed by atoms with Gasteiger partial charge in [-0.25, -0.2) is 9.37 Å². The Bertz CT molecular complexity index is 1520. The van der Waals surface area contributed by atoms with Crippen molar-refractivity contribution in [2.75, 3.05) is 36.8 Å². The van der Waals surface area contributed by atoms with Gasteiger partial charge in [0, 0.05) is 55.2 Å². The number of rotatable bonds is 5. The number of piperazine rings is 1. The molecule has 37 heavy (non-hydrogen) atoms. The number of hydrogen-bond acceptors (Lipinski definition) is 5. The summed E-state index contributed by atoms with van der Waals surface area (Å²) in [5, 5.41) is 0.401. The number of benzene rings is 2. The van der Waals surface area contributed by atoms with E-state index in [9.17, 15) is 13.6 Å². The molecule has 2 fully saturated rings. The molecule has 0 amide bonds. The minimum atomic E-state index is -0.686. The van der Waals surface area contributed by atoms with Crippen molar-refractivity contribution < 1.29 is 8.78 Å². The van der Waals surface area contributed by atoms with Gasteiger partial charge in [0.1, 0.15) is 11.6 Å². The van der Waals surface area contributed by atoms with E-state index >= 15 is 0 Å². The summed E-state index contributed by atoms with van der Waals surface area (Å²) in [4.78, 5) is 23.4. The number of hydrogen-bond donors (Lipinski definition) is 2. The smallest absolute Gasteiger partial charge is 0.258 e. The van der Waals surface area contributed by atoms with Gasteiger partial charge >= 0.3 is 0 Å². The molecule has 1 saturated carbocycles. The van der Waals surface area contributed by atoms with Crippen molar-refractivity contribution in [1.82, 2.24) is 14.9 Å². The van der Waals surface area contributed by atoms with Gasteiger partial charge in [-0.2, -0.15) is 4.39 Å². The average Bonchev–Trinajstić information content (AvgIpc) is 3.74. The van der Waals surface area contributed by atoms with Crippen LogP contribution in [0.1, 0.15) is 19.8 Å². The summed E-state index contributed by atoms with van der Waals surface area (Å²) >= 11 is 0. The fraction of sp³-hybridized carbons (Fsp3) is 0.310. The molecule has 3 heterocycles. The number of anilines is 2. The largest absolute Gasteiger partial charge is 0.383 e. The number of nitrogens with one attached hydrogen (secondary N) is 1. The number of halogens is 2. The minimum absolute atomic E-state index is 0.0291. The SMILES string of the molecule is C[C@@H](C1CC1)N1CCN(c2ccc(-c3cc(-c4cc(F)c5c(=O)[nH]ccc5c4)c(N)nc3F)cc2)CC1. The highest BCUT2D eigenvalue weighted by Gasteiger charge is 2.33. The molecule has 2 aromatic heterocycles. The van der Waals surface area contributed by atoms with Crippen molar-refractivity contribution in [2.24, 2.45) is 5.92 Å². The Kier molecular flexibility index (Phi) is 5.91. The zero-order valence-corrected chi connectivity index (χ0v) is 20.7. The van der Waals surface area contributed by atoms with Crippen LogP contribution in [0.25, 0.3) is 33.0 Å². The molecular formula is C29H29F2N5O. The Morgan fingerprint density at radius 1 is 0.973 bits per heavy atom. The van der Waals surface area contributed by atoms with Crippen LogP contribution in [0.4, 0.5) is 20.3 Å². The van der Waals surface area contributed by atoms with Crippen LogP contribution in [0.2, 0.25) is 0 Å². The molecule has 4 aromatic rings. The second-order valence-corrected chi connectivity index (χ2v) is 10.1. The summed E-state index contributed by atoms with van der Waals surface area (Å²) in [5.41, 5.74) is 8.42. The first-order valence-corrected chi connectivity index (χ1v) is 12.8. The molecule has 2 aliphatic rings. The van der Waals surface area contributed by atoms with Gasteiger partial charge in [0.25, 0.3) is 5.56 Å². The van der Waals surface area contributed by atoms with Crippen molar-refractivity contribution in [1.29, 1.82) is 0 Å². The normalized spacial score (nSPS) is 17.3. The number of nitrogen functional groups attached to an aromatic ring is 1. The van der Waals surface area contributed by atoms with Crippen molar-refractivity contribution in [3.63, 3.8) is 0 Å². The first kappa shape index (κ1) is 23.6. The molecule has 0 bridgehead atoms. The molecule has 0 unspecified atom stereocenters. The quantitative estimate of drug-likeness (QED) is 0.375. The lowest BCUT2D eigenvalue weighted by molar-refractivity contribution is 0.179. The van der Waals surface area contributed by atoms with Gasteiger partial charge in [-0.15, -0.1) is 0 Å². The molecule has 1 aliphatic carbocycles. The fourth-order valence-corrected chi connectivity index (χ4v) is 5.49. The van der Waals surface area contributed by atoms with Gasteiger partial charge in [0.2, 0.25) is 5.95 Å². The van der Waals surface area contributed by atoms with Gasteiger partial charge in [0.05, 0.1) is 5.39 Å². The minimum Gasteiger partial charge on any atom is -0.383 e. The van der Waals surface area contributed by atoms with Gasteiger partial charge in [-0.05, 0) is 78.6 Å². The third kappa shape index (κ3) is 4.46. The highest BCUT2D eigenvalue weighted by atomic mass is 19.1. The molecule has 2 aromatic carbocycles. The van der Waals surface area contributed by atoms with Crippen LogP contribution < -0.4 is 16.2 Å². The van der Waals surface area contributed by atoms with Crippen LogP contribution in [0.15, 0.2) is 59.5 Å². The first-order valence-electron chi connectivity index (χ1n) is 12.8. The third-order valence-corrected chi connectivity index (χ3v) is 7.88. The molecule has 1 aliphatic heterocycles. The van der Waals surface area contributed by atoms with Crippen molar-refractivity contribution in [3.8, 4) is 22.3 Å². The van der Waals surface area contributed by atoms with E-state index in [1.54, 1.807) is 18.2 Å². The maximum atomic E-state index is 14.9. The number of aromatic nitrogens is 2. The molecule has 0 spiro atoms. The Morgan fingerprint density at radius 3 is 2.41 bits per heavy atom. The van der Waals surface area contributed by atoms with E-state index in [2.05, 4.69) is 26.7 Å². The highest BCUT2D eigenvalue weighted by Crippen LogP contribution is 2.36. The Hall–Kier alpha value is -3.78. The van der Waals surface area contributed by atoms with Crippen LogP contribution in [0.5, 0.6) is 0 Å². The molecule has 0 radical (unpaired) electrons. The van der Waals surface area contributed by atoms with E-state index in [1.165, 1.54) is 25.1 Å². The molecule has 1 saturated heterocycles. The zero-order valence-electron chi connectivity index (χ0n) is 20.7. The predicted molar refractivity (Wildman–Crippen MR) is 144 cm³/mol. The average molecular weight is 502 g/mol. The van der Waals surface area contributed by atoms with Gasteiger partial charge in [-0.1, -0.05) is 12.1 Å². The standard InChI is InChI=1S/C29H29F2N5O/c1-17(18-2-3-18)35-10-12-36(13-11-35)22-6-4-19(5-7-22)23-16-24(28(32)34-27(23)31)21-14-20-8-9-33-29(37)26(20)25(30)15-21/h4-9,14-18H,2-3,10-13H2,1H3,(H2,32,34)(H,33,37)/t17-/m0/s1. The van der Waals surface area contributed by atoms with Crippen LogP contribution in [0, 0.1) is 17.7 Å². The summed E-state index contributed by atoms with van der Waals surface area (Å²) < 4.78 is 29.7. The van der Waals surface area contributed by atoms with Crippen LogP contribution in [-0.2, 0) is 0 Å². The van der Waals surface area contributed by atoms with Crippen LogP contribution in [-0.4, -0.2) is 47.1 Å². The third-order valence-electron chi connectivity index (χ3n) is 7.88. The second-order valence-electron chi connectivity index (χ2n) is 10.1. The number of fused-ring (bicyclic) bond motifs is 1. The number of pyridine rings is 2. The molecule has 6 rings (SSSR count). The second kappa shape index (κ2) is 9.27. The van der Waals surface area contributed by atoms with Gasteiger partial charge in [0.15, 0.2) is 0 Å². The van der Waals surface area contributed by atoms with Gasteiger partial charge in [-0.3, -0.25) is 9.69 Å². The van der Waals surface area contributed by atoms with E-state index < -0.39 is 17.3 Å². The Morgan fingerprint density at radius 2 is 1.70 bits per heavy atom. The number of nitrogens with zero attached hydrogens (tertiary/aromatic N) is 3. The lowest BCUT2D eigenvalue weighted by atomic mass is 9.98. The number of H-pyrrole nitrogens is 1. The van der Waals surface area contributed by atoms with E-state index in [-0.39, 0.29) is 16.8 Å². The molecule has 6 nitrogen and oxygen atoms in total. The van der Waals surface area contributed by atoms with E-state index in [1.807, 2.05) is 24.3 Å². The monoisotopic (exact) mass is 501 g/mol. The number of aromatic amines is 1. The van der Waals surface area contributed by atoms with E-state index in [4.69, 9.17) is 5.73 Å². The summed E-state index contributed by atoms with van der Waals surface area (Å²) in [5.74, 6) is -0.530.